The minimum absolute atomic E-state index is 0. The van der Waals surface area contributed by atoms with Crippen molar-refractivity contribution >= 4 is 38.9 Å². The first-order chi connectivity index (χ1) is 16.4. The number of fused-ring (bicyclic) bond motifs is 5. The summed E-state index contributed by atoms with van der Waals surface area (Å²) in [4.78, 5) is 0. The van der Waals surface area contributed by atoms with Gasteiger partial charge in [0, 0.05) is 27.9 Å². The van der Waals surface area contributed by atoms with Gasteiger partial charge in [0.25, 0.3) is 6.33 Å². The molecule has 176 valence electrons. The smallest absolute Gasteiger partial charge is 0.416 e. The summed E-state index contributed by atoms with van der Waals surface area (Å²) >= 11 is 6.24. The summed E-state index contributed by atoms with van der Waals surface area (Å²) in [7, 11) is 0. The fourth-order valence-electron chi connectivity index (χ4n) is 4.61. The average Bonchev–Trinajstić information content (AvgIpc) is 3.39. The Bertz CT molecular complexity index is 1680. The lowest BCUT2D eigenvalue weighted by Crippen LogP contribution is -3.00. The van der Waals surface area contributed by atoms with Crippen molar-refractivity contribution in [1.82, 2.24) is 9.13 Å². The van der Waals surface area contributed by atoms with Gasteiger partial charge in [-0.3, -0.25) is 0 Å². The Morgan fingerprint density at radius 1 is 0.857 bits per heavy atom. The standard InChI is InChI=1S/C27H18ClF3N3.ClH/c28-20-5-3-4-18(14-20)15-34-24-7-2-1-6-22(24)23-12-13-32-17-33(16-25(32)26(23)34)21-10-8-19(9-11-21)27(29,30)31;/h1-14,16-17H,15H2;1H/q+1;/p-1. The Hall–Kier alpha value is -3.48. The van der Waals surface area contributed by atoms with Crippen molar-refractivity contribution in [3.8, 4) is 5.69 Å². The van der Waals surface area contributed by atoms with Gasteiger partial charge in [0.05, 0.1) is 11.8 Å². The highest BCUT2D eigenvalue weighted by Crippen LogP contribution is 2.32. The summed E-state index contributed by atoms with van der Waals surface area (Å²) < 4.78 is 45.1. The Balaban J connectivity index is 0.00000253. The molecule has 0 aliphatic carbocycles. The van der Waals surface area contributed by atoms with E-state index in [0.29, 0.717) is 17.3 Å². The number of rotatable bonds is 3. The fraction of sp³-hybridized carbons (Fsp3) is 0.0741. The van der Waals surface area contributed by atoms with Gasteiger partial charge >= 0.3 is 6.18 Å². The van der Waals surface area contributed by atoms with Crippen LogP contribution in [-0.2, 0) is 12.7 Å². The van der Waals surface area contributed by atoms with Crippen molar-refractivity contribution in [3.05, 3.63) is 114 Å². The summed E-state index contributed by atoms with van der Waals surface area (Å²) in [5, 5.41) is 2.94. The van der Waals surface area contributed by atoms with Crippen LogP contribution in [0.4, 0.5) is 13.2 Å². The maximum absolute atomic E-state index is 13.0. The zero-order chi connectivity index (χ0) is 23.4. The van der Waals surface area contributed by atoms with E-state index in [1.807, 2.05) is 64.1 Å². The van der Waals surface area contributed by atoms with Gasteiger partial charge in [0.15, 0.2) is 5.52 Å². The first-order valence-corrected chi connectivity index (χ1v) is 11.1. The molecule has 0 radical (unpaired) electrons. The number of para-hydroxylation sites is 1. The Morgan fingerprint density at radius 2 is 1.63 bits per heavy atom. The molecule has 0 aliphatic rings. The van der Waals surface area contributed by atoms with Gasteiger partial charge in [-0.15, -0.1) is 0 Å². The molecule has 0 amide bonds. The molecule has 0 spiro atoms. The number of halogens is 5. The maximum Gasteiger partial charge on any atom is 0.416 e. The lowest BCUT2D eigenvalue weighted by atomic mass is 10.2. The van der Waals surface area contributed by atoms with Crippen LogP contribution in [0.25, 0.3) is 33.0 Å². The molecule has 6 aromatic rings. The van der Waals surface area contributed by atoms with Crippen LogP contribution in [0.15, 0.2) is 97.6 Å². The number of imidazole rings is 1. The van der Waals surface area contributed by atoms with Crippen LogP contribution >= 0.6 is 11.6 Å². The molecule has 3 heterocycles. The van der Waals surface area contributed by atoms with Gasteiger partial charge < -0.3 is 17.0 Å². The van der Waals surface area contributed by atoms with Gasteiger partial charge in [-0.05, 0) is 54.1 Å². The number of pyridine rings is 1. The molecule has 0 fully saturated rings. The van der Waals surface area contributed by atoms with Crippen LogP contribution in [0.1, 0.15) is 11.1 Å². The second kappa shape index (κ2) is 8.63. The van der Waals surface area contributed by atoms with E-state index >= 15 is 0 Å². The Labute approximate surface area is 210 Å². The Kier molecular flexibility index (Phi) is 5.74. The monoisotopic (exact) mass is 511 g/mol. The second-order valence-corrected chi connectivity index (χ2v) is 8.74. The minimum atomic E-state index is -4.36. The van der Waals surface area contributed by atoms with Gasteiger partial charge in [0.2, 0.25) is 0 Å². The molecular weight excluding hydrogens is 494 g/mol. The normalized spacial score (nSPS) is 11.9. The third-order valence-corrected chi connectivity index (χ3v) is 6.40. The molecule has 0 saturated heterocycles. The van der Waals surface area contributed by atoms with E-state index < -0.39 is 11.7 Å². The summed E-state index contributed by atoms with van der Waals surface area (Å²) in [5.74, 6) is 0. The largest absolute Gasteiger partial charge is 1.00 e. The second-order valence-electron chi connectivity index (χ2n) is 8.30. The lowest BCUT2D eigenvalue weighted by molar-refractivity contribution is -0.510. The average molecular weight is 512 g/mol. The molecular formula is C27H18Cl2F3N3. The number of aromatic nitrogens is 3. The predicted molar refractivity (Wildman–Crippen MR) is 127 cm³/mol. The molecule has 8 heteroatoms. The van der Waals surface area contributed by atoms with Crippen molar-refractivity contribution < 1.29 is 30.0 Å². The van der Waals surface area contributed by atoms with Crippen LogP contribution in [0, 0.1) is 0 Å². The first-order valence-electron chi connectivity index (χ1n) is 10.7. The lowest BCUT2D eigenvalue weighted by Gasteiger charge is -2.08. The fourth-order valence-corrected chi connectivity index (χ4v) is 4.82. The third-order valence-electron chi connectivity index (χ3n) is 6.17. The van der Waals surface area contributed by atoms with Crippen molar-refractivity contribution in [3.63, 3.8) is 0 Å². The van der Waals surface area contributed by atoms with Crippen molar-refractivity contribution in [2.45, 2.75) is 12.7 Å². The molecule has 0 N–H and O–H groups in total. The highest BCUT2D eigenvalue weighted by molar-refractivity contribution is 6.30. The van der Waals surface area contributed by atoms with E-state index in [0.717, 1.165) is 45.0 Å². The summed E-state index contributed by atoms with van der Waals surface area (Å²) in [5.41, 5.74) is 4.18. The maximum atomic E-state index is 13.0. The summed E-state index contributed by atoms with van der Waals surface area (Å²) in [6, 6.07) is 23.3. The SMILES string of the molecule is FC(F)(F)c1ccc(-n2cc3c4c(cc[n+]3c2)c2ccccc2n4Cc2cccc(Cl)c2)cc1.[Cl-]. The molecule has 6 rings (SSSR count). The molecule has 3 aromatic carbocycles. The predicted octanol–water partition coefficient (Wildman–Crippen LogP) is 4.05. The van der Waals surface area contributed by atoms with E-state index in [1.54, 1.807) is 0 Å². The van der Waals surface area contributed by atoms with Crippen LogP contribution in [0.2, 0.25) is 5.02 Å². The molecule has 0 saturated carbocycles. The quantitative estimate of drug-likeness (QED) is 0.318. The van der Waals surface area contributed by atoms with E-state index in [9.17, 15) is 13.2 Å². The molecule has 0 bridgehead atoms. The molecule has 0 atom stereocenters. The molecule has 3 aromatic heterocycles. The van der Waals surface area contributed by atoms with Crippen LogP contribution in [0.3, 0.4) is 0 Å². The number of alkyl halides is 3. The zero-order valence-electron chi connectivity index (χ0n) is 18.2. The number of hydrogen-bond donors (Lipinski definition) is 0. The van der Waals surface area contributed by atoms with Gasteiger partial charge in [-0.1, -0.05) is 41.9 Å². The Morgan fingerprint density at radius 3 is 2.37 bits per heavy atom. The number of nitrogens with zero attached hydrogens (tertiary/aromatic N) is 3. The van der Waals surface area contributed by atoms with Crippen molar-refractivity contribution in [2.24, 2.45) is 0 Å². The molecule has 3 nitrogen and oxygen atoms in total. The number of benzene rings is 3. The van der Waals surface area contributed by atoms with Crippen molar-refractivity contribution in [1.29, 1.82) is 0 Å². The van der Waals surface area contributed by atoms with Crippen LogP contribution in [-0.4, -0.2) is 9.13 Å². The zero-order valence-corrected chi connectivity index (χ0v) is 19.7. The third kappa shape index (κ3) is 4.03. The summed E-state index contributed by atoms with van der Waals surface area (Å²) in [6.07, 6.45) is 1.45. The van der Waals surface area contributed by atoms with E-state index in [2.05, 4.69) is 22.8 Å². The highest BCUT2D eigenvalue weighted by atomic mass is 35.5. The highest BCUT2D eigenvalue weighted by Gasteiger charge is 2.30. The number of hydrogen-bond acceptors (Lipinski definition) is 0. The topological polar surface area (TPSA) is 14.0 Å². The van der Waals surface area contributed by atoms with E-state index in [4.69, 9.17) is 11.6 Å². The van der Waals surface area contributed by atoms with E-state index in [-0.39, 0.29) is 12.4 Å². The molecule has 0 aliphatic heterocycles. The summed E-state index contributed by atoms with van der Waals surface area (Å²) in [6.45, 7) is 0.635. The van der Waals surface area contributed by atoms with Crippen LogP contribution in [0.5, 0.6) is 0 Å². The van der Waals surface area contributed by atoms with E-state index in [1.165, 1.54) is 12.1 Å². The van der Waals surface area contributed by atoms with Gasteiger partial charge in [-0.2, -0.15) is 13.2 Å². The van der Waals surface area contributed by atoms with Crippen molar-refractivity contribution in [2.75, 3.05) is 0 Å². The van der Waals surface area contributed by atoms with Crippen LogP contribution < -0.4 is 16.8 Å². The first kappa shape index (κ1) is 23.3. The molecule has 35 heavy (non-hydrogen) atoms. The molecule has 0 unspecified atom stereocenters. The minimum Gasteiger partial charge on any atom is -1.00 e. The van der Waals surface area contributed by atoms with Gasteiger partial charge in [-0.25, -0.2) is 8.97 Å². The van der Waals surface area contributed by atoms with Gasteiger partial charge in [0.1, 0.15) is 17.4 Å².